The lowest BCUT2D eigenvalue weighted by Gasteiger charge is -2.26. The largest absolute Gasteiger partial charge is 0.391 e. The summed E-state index contributed by atoms with van der Waals surface area (Å²) in [6.07, 6.45) is -2.71. The third kappa shape index (κ3) is 4.31. The van der Waals surface area contributed by atoms with E-state index < -0.39 is 30.3 Å². The molecule has 0 aromatic heterocycles. The van der Waals surface area contributed by atoms with Crippen LogP contribution in [0.2, 0.25) is 0 Å². The molecular formula is C8H15NO5. The van der Waals surface area contributed by atoms with E-state index >= 15 is 0 Å². The number of aldehydes is 1. The average Bonchev–Trinajstić information content (AvgIpc) is 2.02. The highest BCUT2D eigenvalue weighted by Crippen LogP contribution is 2.09. The van der Waals surface area contributed by atoms with Gasteiger partial charge in [0.2, 0.25) is 5.91 Å². The van der Waals surface area contributed by atoms with E-state index in [9.17, 15) is 19.8 Å². The Labute approximate surface area is 81.5 Å². The number of aliphatic hydroxyl groups is 3. The molecule has 0 radical (unpaired) electrons. The number of hydrogen-bond acceptors (Lipinski definition) is 5. The lowest BCUT2D eigenvalue weighted by atomic mass is 10.0. The quantitative estimate of drug-likeness (QED) is 0.311. The molecule has 1 amide bonds. The van der Waals surface area contributed by atoms with Crippen LogP contribution >= 0.6 is 0 Å². The molecule has 0 aromatic rings. The number of hydrogen-bond donors (Lipinski definition) is 4. The van der Waals surface area contributed by atoms with Gasteiger partial charge in [-0.1, -0.05) is 0 Å². The van der Waals surface area contributed by atoms with Crippen LogP contribution in [0.3, 0.4) is 0 Å². The van der Waals surface area contributed by atoms with Gasteiger partial charge in [-0.3, -0.25) is 9.59 Å². The van der Waals surface area contributed by atoms with E-state index in [1.54, 1.807) is 0 Å². The van der Waals surface area contributed by atoms with Crippen molar-refractivity contribution in [3.05, 3.63) is 0 Å². The highest BCUT2D eigenvalue weighted by molar-refractivity contribution is 5.78. The van der Waals surface area contributed by atoms with Crippen LogP contribution in [0.1, 0.15) is 20.3 Å². The molecule has 3 atom stereocenters. The van der Waals surface area contributed by atoms with Crippen molar-refractivity contribution in [2.24, 2.45) is 0 Å². The first kappa shape index (κ1) is 13.0. The molecule has 0 aliphatic heterocycles. The zero-order chi connectivity index (χ0) is 11.4. The van der Waals surface area contributed by atoms with Crippen molar-refractivity contribution < 1.29 is 24.9 Å². The normalized spacial score (nSPS) is 19.2. The molecular weight excluding hydrogens is 190 g/mol. The number of nitrogens with one attached hydrogen (secondary N) is 1. The van der Waals surface area contributed by atoms with Gasteiger partial charge in [-0.2, -0.15) is 0 Å². The first-order valence-electron chi connectivity index (χ1n) is 4.14. The maximum Gasteiger partial charge on any atom is 0.219 e. The molecule has 14 heavy (non-hydrogen) atoms. The highest BCUT2D eigenvalue weighted by Gasteiger charge is 2.31. The van der Waals surface area contributed by atoms with Gasteiger partial charge in [0, 0.05) is 13.3 Å². The molecule has 0 spiro atoms. The molecule has 0 heterocycles. The van der Waals surface area contributed by atoms with Crippen LogP contribution in [0.4, 0.5) is 0 Å². The van der Waals surface area contributed by atoms with Gasteiger partial charge < -0.3 is 20.6 Å². The summed E-state index contributed by atoms with van der Waals surface area (Å²) in [5.74, 6) is -0.600. The van der Waals surface area contributed by atoms with Crippen molar-refractivity contribution >= 4 is 12.2 Å². The Morgan fingerprint density at radius 2 is 2.07 bits per heavy atom. The first-order valence-corrected chi connectivity index (χ1v) is 4.14. The molecule has 6 heteroatoms. The van der Waals surface area contributed by atoms with E-state index in [2.05, 4.69) is 0 Å². The average molecular weight is 205 g/mol. The second-order valence-corrected chi connectivity index (χ2v) is 3.24. The van der Waals surface area contributed by atoms with Crippen molar-refractivity contribution in [3.8, 4) is 0 Å². The third-order valence-electron chi connectivity index (χ3n) is 1.66. The summed E-state index contributed by atoms with van der Waals surface area (Å²) < 4.78 is 0. The van der Waals surface area contributed by atoms with Gasteiger partial charge in [0.15, 0.2) is 12.0 Å². The van der Waals surface area contributed by atoms with E-state index in [1.807, 2.05) is 5.32 Å². The van der Waals surface area contributed by atoms with Gasteiger partial charge in [-0.25, -0.2) is 0 Å². The smallest absolute Gasteiger partial charge is 0.219 e. The molecule has 0 unspecified atom stereocenters. The lowest BCUT2D eigenvalue weighted by Crippen LogP contribution is -2.52. The van der Waals surface area contributed by atoms with Crippen molar-refractivity contribution in [1.29, 1.82) is 0 Å². The maximum absolute atomic E-state index is 10.6. The molecule has 0 saturated heterocycles. The molecule has 0 bridgehead atoms. The van der Waals surface area contributed by atoms with Gasteiger partial charge in [0.05, 0.1) is 12.2 Å². The summed E-state index contributed by atoms with van der Waals surface area (Å²) in [5.41, 5.74) is -2.12. The molecule has 0 aliphatic rings. The Hall–Kier alpha value is -0.980. The van der Waals surface area contributed by atoms with Gasteiger partial charge >= 0.3 is 0 Å². The Balaban J connectivity index is 4.39. The van der Waals surface area contributed by atoms with Crippen LogP contribution in [0.15, 0.2) is 0 Å². The third-order valence-corrected chi connectivity index (χ3v) is 1.66. The van der Waals surface area contributed by atoms with Crippen LogP contribution in [0.5, 0.6) is 0 Å². The second kappa shape index (κ2) is 5.04. The van der Waals surface area contributed by atoms with E-state index in [-0.39, 0.29) is 6.29 Å². The van der Waals surface area contributed by atoms with Gasteiger partial charge in [-0.05, 0) is 6.92 Å². The van der Waals surface area contributed by atoms with Crippen LogP contribution in [-0.2, 0) is 9.59 Å². The SMILES string of the molecule is CC(=O)N[C@](O)(C=O)C[C@H](O)[C@@H](C)O. The summed E-state index contributed by atoms with van der Waals surface area (Å²) in [6.45, 7) is 2.44. The zero-order valence-corrected chi connectivity index (χ0v) is 8.10. The number of carbonyl (C=O) groups is 2. The highest BCUT2D eigenvalue weighted by atomic mass is 16.3. The fourth-order valence-corrected chi connectivity index (χ4v) is 0.923. The molecule has 4 N–H and O–H groups in total. The second-order valence-electron chi connectivity index (χ2n) is 3.24. The number of rotatable bonds is 5. The van der Waals surface area contributed by atoms with Crippen molar-refractivity contribution in [3.63, 3.8) is 0 Å². The Morgan fingerprint density at radius 1 is 1.57 bits per heavy atom. The summed E-state index contributed by atoms with van der Waals surface area (Å²) in [5, 5.41) is 29.5. The fourth-order valence-electron chi connectivity index (χ4n) is 0.923. The van der Waals surface area contributed by atoms with E-state index in [1.165, 1.54) is 6.92 Å². The summed E-state index contributed by atoms with van der Waals surface area (Å²) in [4.78, 5) is 21.1. The molecule has 0 saturated carbocycles. The predicted molar refractivity (Wildman–Crippen MR) is 47.1 cm³/mol. The number of carbonyl (C=O) groups excluding carboxylic acids is 2. The monoisotopic (exact) mass is 205 g/mol. The Bertz CT molecular complexity index is 218. The summed E-state index contributed by atoms with van der Waals surface area (Å²) in [7, 11) is 0. The minimum absolute atomic E-state index is 0.111. The van der Waals surface area contributed by atoms with Crippen molar-refractivity contribution in [2.45, 2.75) is 38.2 Å². The van der Waals surface area contributed by atoms with Crippen LogP contribution in [0.25, 0.3) is 0 Å². The predicted octanol–water partition coefficient (Wildman–Crippen LogP) is -1.86. The zero-order valence-electron chi connectivity index (χ0n) is 8.10. The topological polar surface area (TPSA) is 107 Å². The van der Waals surface area contributed by atoms with E-state index in [0.29, 0.717) is 0 Å². The number of amides is 1. The van der Waals surface area contributed by atoms with Gasteiger partial charge in [-0.15, -0.1) is 0 Å². The lowest BCUT2D eigenvalue weighted by molar-refractivity contribution is -0.142. The van der Waals surface area contributed by atoms with Crippen LogP contribution in [-0.4, -0.2) is 45.4 Å². The molecule has 0 aromatic carbocycles. The van der Waals surface area contributed by atoms with Gasteiger partial charge in [0.25, 0.3) is 0 Å². The standard InChI is InChI=1S/C8H15NO5/c1-5(11)7(13)3-8(14,4-10)9-6(2)12/h4-5,7,11,13-14H,3H2,1-2H3,(H,9,12)/t5-,7+,8-/m1/s1. The van der Waals surface area contributed by atoms with Gasteiger partial charge in [0.1, 0.15) is 0 Å². The Morgan fingerprint density at radius 3 is 2.36 bits per heavy atom. The molecule has 6 nitrogen and oxygen atoms in total. The van der Waals surface area contributed by atoms with Crippen LogP contribution < -0.4 is 5.32 Å². The Kier molecular flexibility index (Phi) is 4.69. The molecule has 0 fully saturated rings. The summed E-state index contributed by atoms with van der Waals surface area (Å²) in [6, 6.07) is 0. The molecule has 0 aliphatic carbocycles. The summed E-state index contributed by atoms with van der Waals surface area (Å²) >= 11 is 0. The molecule has 82 valence electrons. The minimum Gasteiger partial charge on any atom is -0.391 e. The minimum atomic E-state index is -2.12. The van der Waals surface area contributed by atoms with Crippen LogP contribution in [0, 0.1) is 0 Å². The maximum atomic E-state index is 10.6. The van der Waals surface area contributed by atoms with E-state index in [4.69, 9.17) is 5.11 Å². The number of aliphatic hydroxyl groups excluding tert-OH is 2. The first-order chi connectivity index (χ1) is 6.30. The fraction of sp³-hybridized carbons (Fsp3) is 0.750. The van der Waals surface area contributed by atoms with Crippen molar-refractivity contribution in [2.75, 3.05) is 0 Å². The molecule has 0 rings (SSSR count). The van der Waals surface area contributed by atoms with Crippen molar-refractivity contribution in [1.82, 2.24) is 5.32 Å². The van der Waals surface area contributed by atoms with E-state index in [0.717, 1.165) is 6.92 Å².